The van der Waals surface area contributed by atoms with E-state index in [1.807, 2.05) is 0 Å². The van der Waals surface area contributed by atoms with Gasteiger partial charge in [-0.3, -0.25) is 14.4 Å². The fourth-order valence-electron chi connectivity index (χ4n) is 3.42. The number of hydrogen-bond acceptors (Lipinski definition) is 3. The summed E-state index contributed by atoms with van der Waals surface area (Å²) in [7, 11) is 0. The van der Waals surface area contributed by atoms with Crippen molar-refractivity contribution in [2.24, 2.45) is 0 Å². The lowest BCUT2D eigenvalue weighted by molar-refractivity contribution is -0.125. The predicted molar refractivity (Wildman–Crippen MR) is 84.0 cm³/mol. The summed E-state index contributed by atoms with van der Waals surface area (Å²) in [5.41, 5.74) is 1.05. The second-order valence-electron chi connectivity index (χ2n) is 6.44. The van der Waals surface area contributed by atoms with Crippen LogP contribution < -0.4 is 10.2 Å². The standard InChI is InChI=1S/C17H19N3O3/c21-15(18-11-7-8-11)10-20-13-5-2-1-4-12(13)16(22)19-9-3-6-14(19)17(20)23/h1-2,4-5,11,14H,3,6-10H2,(H,18,21)/t14-/m0/s1. The van der Waals surface area contributed by atoms with E-state index in [9.17, 15) is 14.4 Å². The van der Waals surface area contributed by atoms with Crippen molar-refractivity contribution in [1.82, 2.24) is 10.2 Å². The molecule has 4 rings (SSSR count). The molecule has 2 aliphatic heterocycles. The van der Waals surface area contributed by atoms with E-state index in [-0.39, 0.29) is 30.3 Å². The molecular weight excluding hydrogens is 294 g/mol. The molecule has 3 aliphatic rings. The normalized spacial score (nSPS) is 23.4. The zero-order chi connectivity index (χ0) is 16.0. The summed E-state index contributed by atoms with van der Waals surface area (Å²) in [4.78, 5) is 41.0. The van der Waals surface area contributed by atoms with E-state index in [2.05, 4.69) is 5.32 Å². The van der Waals surface area contributed by atoms with Gasteiger partial charge in [-0.2, -0.15) is 0 Å². The van der Waals surface area contributed by atoms with Gasteiger partial charge in [0.15, 0.2) is 0 Å². The van der Waals surface area contributed by atoms with Gasteiger partial charge in [0.1, 0.15) is 12.6 Å². The highest BCUT2D eigenvalue weighted by Crippen LogP contribution is 2.32. The molecule has 1 N–H and O–H groups in total. The molecule has 3 amide bonds. The number of hydrogen-bond donors (Lipinski definition) is 1. The van der Waals surface area contributed by atoms with Gasteiger partial charge < -0.3 is 15.1 Å². The Morgan fingerprint density at radius 1 is 1.17 bits per heavy atom. The van der Waals surface area contributed by atoms with Crippen LogP contribution >= 0.6 is 0 Å². The van der Waals surface area contributed by atoms with Crippen LogP contribution in [0, 0.1) is 0 Å². The highest BCUT2D eigenvalue weighted by atomic mass is 16.2. The van der Waals surface area contributed by atoms with Gasteiger partial charge in [-0.05, 0) is 37.8 Å². The monoisotopic (exact) mass is 313 g/mol. The fraction of sp³-hybridized carbons (Fsp3) is 0.471. The minimum atomic E-state index is -0.441. The first-order chi connectivity index (χ1) is 11.1. The second kappa shape index (κ2) is 5.37. The van der Waals surface area contributed by atoms with Crippen LogP contribution in [0.2, 0.25) is 0 Å². The lowest BCUT2D eigenvalue weighted by Gasteiger charge is -2.25. The lowest BCUT2D eigenvalue weighted by Crippen LogP contribution is -2.48. The molecule has 0 aromatic heterocycles. The molecule has 2 fully saturated rings. The number of fused-ring (bicyclic) bond motifs is 2. The summed E-state index contributed by atoms with van der Waals surface area (Å²) in [6, 6.07) is 6.88. The van der Waals surface area contributed by atoms with E-state index in [0.717, 1.165) is 19.3 Å². The quantitative estimate of drug-likeness (QED) is 0.902. The van der Waals surface area contributed by atoms with E-state index >= 15 is 0 Å². The molecule has 1 aliphatic carbocycles. The number of carbonyl (C=O) groups is 3. The SMILES string of the molecule is O=C(CN1C(=O)[C@@H]2CCCN2C(=O)c2ccccc21)NC1CC1. The number of anilines is 1. The van der Waals surface area contributed by atoms with Crippen LogP contribution in [0.4, 0.5) is 5.69 Å². The lowest BCUT2D eigenvalue weighted by atomic mass is 10.1. The molecule has 6 nitrogen and oxygen atoms in total. The smallest absolute Gasteiger partial charge is 0.256 e. The Bertz CT molecular complexity index is 683. The molecule has 23 heavy (non-hydrogen) atoms. The molecule has 1 aromatic carbocycles. The molecule has 2 heterocycles. The number of nitrogens with zero attached hydrogens (tertiary/aromatic N) is 2. The van der Waals surface area contributed by atoms with E-state index in [4.69, 9.17) is 0 Å². The van der Waals surface area contributed by atoms with Crippen LogP contribution in [0.25, 0.3) is 0 Å². The molecule has 0 unspecified atom stereocenters. The first kappa shape index (κ1) is 14.2. The van der Waals surface area contributed by atoms with Crippen LogP contribution in [0.15, 0.2) is 24.3 Å². The number of benzene rings is 1. The number of carbonyl (C=O) groups excluding carboxylic acids is 3. The summed E-state index contributed by atoms with van der Waals surface area (Å²) in [6.45, 7) is 0.579. The average Bonchev–Trinajstić information content (AvgIpc) is 3.24. The van der Waals surface area contributed by atoms with Crippen molar-refractivity contribution < 1.29 is 14.4 Å². The first-order valence-corrected chi connectivity index (χ1v) is 8.16. The predicted octanol–water partition coefficient (Wildman–Crippen LogP) is 0.916. The molecule has 0 bridgehead atoms. The highest BCUT2D eigenvalue weighted by Gasteiger charge is 2.42. The van der Waals surface area contributed by atoms with Crippen LogP contribution in [0.3, 0.4) is 0 Å². The van der Waals surface area contributed by atoms with Gasteiger partial charge in [0.25, 0.3) is 5.91 Å². The zero-order valence-electron chi connectivity index (χ0n) is 12.8. The highest BCUT2D eigenvalue weighted by molar-refractivity contribution is 6.12. The van der Waals surface area contributed by atoms with Gasteiger partial charge in [0.2, 0.25) is 11.8 Å². The summed E-state index contributed by atoms with van der Waals surface area (Å²) in [5.74, 6) is -0.414. The minimum Gasteiger partial charge on any atom is -0.352 e. The van der Waals surface area contributed by atoms with Gasteiger partial charge in [-0.25, -0.2) is 0 Å². The summed E-state index contributed by atoms with van der Waals surface area (Å²) in [6.07, 6.45) is 3.50. The Hall–Kier alpha value is -2.37. The van der Waals surface area contributed by atoms with Gasteiger partial charge in [0.05, 0.1) is 11.3 Å². The average molecular weight is 313 g/mol. The van der Waals surface area contributed by atoms with E-state index < -0.39 is 6.04 Å². The molecule has 120 valence electrons. The first-order valence-electron chi connectivity index (χ1n) is 8.16. The van der Waals surface area contributed by atoms with Crippen LogP contribution in [0.1, 0.15) is 36.0 Å². The van der Waals surface area contributed by atoms with Crippen LogP contribution in [-0.4, -0.2) is 47.8 Å². The van der Waals surface area contributed by atoms with Gasteiger partial charge in [0, 0.05) is 12.6 Å². The van der Waals surface area contributed by atoms with Crippen LogP contribution in [-0.2, 0) is 9.59 Å². The third-order valence-corrected chi connectivity index (χ3v) is 4.73. The van der Waals surface area contributed by atoms with E-state index in [1.165, 1.54) is 4.90 Å². The molecule has 1 saturated carbocycles. The minimum absolute atomic E-state index is 0.0238. The van der Waals surface area contributed by atoms with E-state index in [0.29, 0.717) is 24.2 Å². The molecule has 1 saturated heterocycles. The number of rotatable bonds is 3. The molecule has 1 atom stereocenters. The summed E-state index contributed by atoms with van der Waals surface area (Å²) >= 11 is 0. The van der Waals surface area contributed by atoms with Crippen molar-refractivity contribution in [3.63, 3.8) is 0 Å². The molecule has 6 heteroatoms. The number of nitrogens with one attached hydrogen (secondary N) is 1. The Balaban J connectivity index is 1.69. The van der Waals surface area contributed by atoms with Crippen molar-refractivity contribution in [2.45, 2.75) is 37.8 Å². The Morgan fingerprint density at radius 3 is 2.74 bits per heavy atom. The Labute approximate surface area is 134 Å². The summed E-state index contributed by atoms with van der Waals surface area (Å²) in [5, 5.41) is 2.91. The van der Waals surface area contributed by atoms with Gasteiger partial charge in [-0.1, -0.05) is 12.1 Å². The third-order valence-electron chi connectivity index (χ3n) is 4.73. The van der Waals surface area contributed by atoms with Crippen molar-refractivity contribution in [2.75, 3.05) is 18.0 Å². The summed E-state index contributed by atoms with van der Waals surface area (Å²) < 4.78 is 0. The maximum Gasteiger partial charge on any atom is 0.256 e. The maximum absolute atomic E-state index is 12.9. The van der Waals surface area contributed by atoms with Crippen molar-refractivity contribution in [3.05, 3.63) is 29.8 Å². The number of para-hydroxylation sites is 1. The van der Waals surface area contributed by atoms with E-state index in [1.54, 1.807) is 29.2 Å². The molecular formula is C17H19N3O3. The fourth-order valence-corrected chi connectivity index (χ4v) is 3.42. The molecule has 1 aromatic rings. The maximum atomic E-state index is 12.9. The van der Waals surface area contributed by atoms with Crippen molar-refractivity contribution in [3.8, 4) is 0 Å². The zero-order valence-corrected chi connectivity index (χ0v) is 12.8. The largest absolute Gasteiger partial charge is 0.352 e. The van der Waals surface area contributed by atoms with Crippen molar-refractivity contribution >= 4 is 23.4 Å². The van der Waals surface area contributed by atoms with Crippen molar-refractivity contribution in [1.29, 1.82) is 0 Å². The van der Waals surface area contributed by atoms with Gasteiger partial charge in [-0.15, -0.1) is 0 Å². The molecule has 0 spiro atoms. The number of amides is 3. The van der Waals surface area contributed by atoms with Crippen LogP contribution in [0.5, 0.6) is 0 Å². The molecule has 0 radical (unpaired) electrons. The Kier molecular flexibility index (Phi) is 3.32. The van der Waals surface area contributed by atoms with Gasteiger partial charge >= 0.3 is 0 Å². The third kappa shape index (κ3) is 2.48. The Morgan fingerprint density at radius 2 is 1.96 bits per heavy atom. The topological polar surface area (TPSA) is 69.7 Å². The second-order valence-corrected chi connectivity index (χ2v) is 6.44.